The highest BCUT2D eigenvalue weighted by molar-refractivity contribution is 5.72. The van der Waals surface area contributed by atoms with Gasteiger partial charge in [-0.25, -0.2) is 0 Å². The van der Waals surface area contributed by atoms with Gasteiger partial charge in [0, 0.05) is 19.4 Å². The maximum Gasteiger partial charge on any atom is 0.308 e. The van der Waals surface area contributed by atoms with E-state index in [0.717, 1.165) is 103 Å². The number of likely N-dealkylation sites (tertiary alicyclic amines) is 1. The molecule has 1 rings (SSSR count). The Balaban J connectivity index is 2.30. The van der Waals surface area contributed by atoms with Gasteiger partial charge in [-0.2, -0.15) is 0 Å². The first kappa shape index (κ1) is 54.4. The molecule has 0 aliphatic carbocycles. The molecular formula is C51H97NO6. The van der Waals surface area contributed by atoms with E-state index in [1.807, 2.05) is 0 Å². The standard InChI is InChI=1S/C51H97NO6/c1-5-9-19-30-46(31-20-10-6-2)38-44-56-49(53)36-25-16-14-13-15-23-34-48(51(55)58-43-29-42-52-40-27-28-41-52)35-24-17-18-26-37-50(54)57-45-39-47(32-21-11-7-3)33-22-12-8-4/h46-48H,5-45H2,1-4H3. The first-order valence-corrected chi connectivity index (χ1v) is 25.6. The Bertz CT molecular complexity index is 916. The van der Waals surface area contributed by atoms with E-state index in [1.165, 1.54) is 129 Å². The molecule has 7 heteroatoms. The van der Waals surface area contributed by atoms with E-state index in [4.69, 9.17) is 14.2 Å². The summed E-state index contributed by atoms with van der Waals surface area (Å²) >= 11 is 0. The van der Waals surface area contributed by atoms with Crippen molar-refractivity contribution >= 4 is 17.9 Å². The quantitative estimate of drug-likeness (QED) is 0.0344. The summed E-state index contributed by atoms with van der Waals surface area (Å²) < 4.78 is 17.1. The Labute approximate surface area is 360 Å². The Hall–Kier alpha value is -1.63. The van der Waals surface area contributed by atoms with Crippen LogP contribution >= 0.6 is 0 Å². The molecule has 0 N–H and O–H groups in total. The molecule has 0 bridgehead atoms. The minimum Gasteiger partial charge on any atom is -0.466 e. The summed E-state index contributed by atoms with van der Waals surface area (Å²) in [5.41, 5.74) is 0. The lowest BCUT2D eigenvalue weighted by Gasteiger charge is -2.18. The molecule has 0 saturated carbocycles. The van der Waals surface area contributed by atoms with Gasteiger partial charge in [0.15, 0.2) is 0 Å². The van der Waals surface area contributed by atoms with Crippen molar-refractivity contribution in [3.63, 3.8) is 0 Å². The van der Waals surface area contributed by atoms with Crippen LogP contribution in [0.5, 0.6) is 0 Å². The number of rotatable bonds is 43. The van der Waals surface area contributed by atoms with Crippen LogP contribution in [0.2, 0.25) is 0 Å². The second-order valence-electron chi connectivity index (χ2n) is 18.1. The second-order valence-corrected chi connectivity index (χ2v) is 18.1. The van der Waals surface area contributed by atoms with E-state index in [9.17, 15) is 14.4 Å². The Morgan fingerprint density at radius 1 is 0.414 bits per heavy atom. The fourth-order valence-electron chi connectivity index (χ4n) is 8.77. The zero-order valence-corrected chi connectivity index (χ0v) is 39.1. The fourth-order valence-corrected chi connectivity index (χ4v) is 8.77. The molecule has 1 aliphatic rings. The number of carbonyl (C=O) groups excluding carboxylic acids is 3. The van der Waals surface area contributed by atoms with Crippen LogP contribution in [0.3, 0.4) is 0 Å². The number of carbonyl (C=O) groups is 3. The minimum atomic E-state index is -0.0501. The van der Waals surface area contributed by atoms with Crippen molar-refractivity contribution in [3.8, 4) is 0 Å². The van der Waals surface area contributed by atoms with Gasteiger partial charge < -0.3 is 19.1 Å². The van der Waals surface area contributed by atoms with E-state index in [-0.39, 0.29) is 23.8 Å². The molecule has 0 aromatic rings. The average molecular weight is 820 g/mol. The molecule has 1 fully saturated rings. The van der Waals surface area contributed by atoms with Crippen LogP contribution in [0.1, 0.15) is 252 Å². The fraction of sp³-hybridized carbons (Fsp3) is 0.941. The van der Waals surface area contributed by atoms with Crippen molar-refractivity contribution in [3.05, 3.63) is 0 Å². The Morgan fingerprint density at radius 3 is 1.21 bits per heavy atom. The van der Waals surface area contributed by atoms with Crippen LogP contribution in [0.15, 0.2) is 0 Å². The SMILES string of the molecule is CCCCCC(CCCCC)CCOC(=O)CCCCCCCCC(CCCCCCC(=O)OCCC(CCCCC)CCCCC)C(=O)OCCCN1CCCC1. The number of unbranched alkanes of at least 4 members (excludes halogenated alkanes) is 16. The monoisotopic (exact) mass is 820 g/mol. The first-order chi connectivity index (χ1) is 28.4. The summed E-state index contributed by atoms with van der Waals surface area (Å²) in [6.45, 7) is 14.1. The second kappa shape index (κ2) is 40.8. The zero-order chi connectivity index (χ0) is 42.2. The van der Waals surface area contributed by atoms with E-state index >= 15 is 0 Å². The van der Waals surface area contributed by atoms with Crippen molar-refractivity contribution in [2.24, 2.45) is 17.8 Å². The third-order valence-electron chi connectivity index (χ3n) is 12.7. The van der Waals surface area contributed by atoms with E-state index < -0.39 is 0 Å². The van der Waals surface area contributed by atoms with E-state index in [0.29, 0.717) is 44.5 Å². The van der Waals surface area contributed by atoms with Gasteiger partial charge in [0.25, 0.3) is 0 Å². The molecule has 58 heavy (non-hydrogen) atoms. The lowest BCUT2D eigenvalue weighted by Crippen LogP contribution is -2.23. The van der Waals surface area contributed by atoms with Crippen molar-refractivity contribution in [2.45, 2.75) is 252 Å². The summed E-state index contributed by atoms with van der Waals surface area (Å²) in [5, 5.41) is 0. The zero-order valence-electron chi connectivity index (χ0n) is 39.1. The molecule has 0 aromatic carbocycles. The topological polar surface area (TPSA) is 82.1 Å². The minimum absolute atomic E-state index is 0.0144. The molecule has 0 spiro atoms. The van der Waals surface area contributed by atoms with Crippen molar-refractivity contribution < 1.29 is 28.6 Å². The number of ether oxygens (including phenoxy) is 3. The van der Waals surface area contributed by atoms with Crippen molar-refractivity contribution in [2.75, 3.05) is 39.5 Å². The van der Waals surface area contributed by atoms with Gasteiger partial charge >= 0.3 is 17.9 Å². The third kappa shape index (κ3) is 33.1. The van der Waals surface area contributed by atoms with Crippen LogP contribution in [0, 0.1) is 17.8 Å². The smallest absolute Gasteiger partial charge is 0.308 e. The van der Waals surface area contributed by atoms with Crippen LogP contribution < -0.4 is 0 Å². The predicted octanol–water partition coefficient (Wildman–Crippen LogP) is 14.5. The van der Waals surface area contributed by atoms with Gasteiger partial charge in [0.05, 0.1) is 25.7 Å². The number of hydrogen-bond acceptors (Lipinski definition) is 7. The molecule has 7 nitrogen and oxygen atoms in total. The molecule has 0 amide bonds. The van der Waals surface area contributed by atoms with Gasteiger partial charge in [-0.05, 0) is 82.7 Å². The molecular weight excluding hydrogens is 723 g/mol. The van der Waals surface area contributed by atoms with Gasteiger partial charge in [0.1, 0.15) is 0 Å². The van der Waals surface area contributed by atoms with Crippen LogP contribution in [-0.2, 0) is 28.6 Å². The lowest BCUT2D eigenvalue weighted by atomic mass is 9.92. The molecule has 1 atom stereocenters. The van der Waals surface area contributed by atoms with Gasteiger partial charge in [-0.15, -0.1) is 0 Å². The van der Waals surface area contributed by atoms with E-state index in [2.05, 4.69) is 32.6 Å². The average Bonchev–Trinajstić information content (AvgIpc) is 3.74. The summed E-state index contributed by atoms with van der Waals surface area (Å²) in [5.74, 6) is 1.25. The summed E-state index contributed by atoms with van der Waals surface area (Å²) in [6, 6.07) is 0. The highest BCUT2D eigenvalue weighted by Gasteiger charge is 2.20. The predicted molar refractivity (Wildman–Crippen MR) is 244 cm³/mol. The van der Waals surface area contributed by atoms with Crippen LogP contribution in [0.4, 0.5) is 0 Å². The van der Waals surface area contributed by atoms with Gasteiger partial charge in [-0.3, -0.25) is 14.4 Å². The molecule has 1 aliphatic heterocycles. The maximum absolute atomic E-state index is 13.2. The highest BCUT2D eigenvalue weighted by atomic mass is 16.5. The number of hydrogen-bond donors (Lipinski definition) is 0. The third-order valence-corrected chi connectivity index (χ3v) is 12.7. The molecule has 1 unspecified atom stereocenters. The van der Waals surface area contributed by atoms with Gasteiger partial charge in [0.2, 0.25) is 0 Å². The van der Waals surface area contributed by atoms with E-state index in [1.54, 1.807) is 0 Å². The summed E-state index contributed by atoms with van der Waals surface area (Å²) in [7, 11) is 0. The number of nitrogens with zero attached hydrogens (tertiary/aromatic N) is 1. The Morgan fingerprint density at radius 2 is 0.793 bits per heavy atom. The summed E-state index contributed by atoms with van der Waals surface area (Å²) in [4.78, 5) is 40.5. The molecule has 1 heterocycles. The maximum atomic E-state index is 13.2. The van der Waals surface area contributed by atoms with Crippen LogP contribution in [0.25, 0.3) is 0 Å². The lowest BCUT2D eigenvalue weighted by molar-refractivity contribution is -0.149. The molecule has 1 saturated heterocycles. The van der Waals surface area contributed by atoms with Crippen molar-refractivity contribution in [1.29, 1.82) is 0 Å². The summed E-state index contributed by atoms with van der Waals surface area (Å²) in [6.07, 6.45) is 39.0. The normalized spacial score (nSPS) is 13.8. The Kier molecular flexibility index (Phi) is 38.2. The molecule has 0 aromatic heterocycles. The van der Waals surface area contributed by atoms with Crippen LogP contribution in [-0.4, -0.2) is 62.3 Å². The number of esters is 3. The van der Waals surface area contributed by atoms with Crippen molar-refractivity contribution in [1.82, 2.24) is 4.90 Å². The van der Waals surface area contributed by atoms with Gasteiger partial charge in [-0.1, -0.05) is 182 Å². The first-order valence-electron chi connectivity index (χ1n) is 25.6. The highest BCUT2D eigenvalue weighted by Crippen LogP contribution is 2.24. The molecule has 0 radical (unpaired) electrons. The molecule has 342 valence electrons. The largest absolute Gasteiger partial charge is 0.466 e.